The zero-order valence-corrected chi connectivity index (χ0v) is 14.2. The molecule has 0 amide bonds. The molecule has 0 fully saturated rings. The molecule has 0 aliphatic rings. The lowest BCUT2D eigenvalue weighted by molar-refractivity contribution is -0.144. The van der Waals surface area contributed by atoms with Gasteiger partial charge in [0.1, 0.15) is 5.82 Å². The molecule has 8 heteroatoms. The minimum absolute atomic E-state index is 0.0183. The monoisotopic (exact) mass is 381 g/mol. The van der Waals surface area contributed by atoms with Crippen molar-refractivity contribution in [2.45, 2.75) is 13.1 Å². The van der Waals surface area contributed by atoms with E-state index >= 15 is 0 Å². The predicted molar refractivity (Wildman–Crippen MR) is 90.4 cm³/mol. The number of halogens is 4. The molecule has 0 bridgehead atoms. The molecule has 0 spiro atoms. The van der Waals surface area contributed by atoms with Crippen molar-refractivity contribution < 1.29 is 31.9 Å². The normalized spacial score (nSPS) is 12.8. The first kappa shape index (κ1) is 20.3. The smallest absolute Gasteiger partial charge is 0.418 e. The molecular weight excluding hydrogens is 366 g/mol. The molecule has 1 atom stereocenters. The molecule has 0 heterocycles. The second-order valence-electron chi connectivity index (χ2n) is 5.40. The van der Waals surface area contributed by atoms with Crippen molar-refractivity contribution in [2.24, 2.45) is 10.9 Å². The number of ketones is 1. The van der Waals surface area contributed by atoms with Crippen molar-refractivity contribution in [2.75, 3.05) is 6.61 Å². The molecule has 2 aromatic rings. The highest BCUT2D eigenvalue weighted by Gasteiger charge is 2.34. The van der Waals surface area contributed by atoms with Crippen molar-refractivity contribution in [1.29, 1.82) is 0 Å². The van der Waals surface area contributed by atoms with Crippen molar-refractivity contribution in [3.05, 3.63) is 65.5 Å². The van der Waals surface area contributed by atoms with E-state index < -0.39 is 40.9 Å². The van der Waals surface area contributed by atoms with Gasteiger partial charge in [0.05, 0.1) is 17.9 Å². The number of carbonyl (C=O) groups is 2. The van der Waals surface area contributed by atoms with Crippen LogP contribution in [0, 0.1) is 11.7 Å². The molecule has 0 aromatic heterocycles. The second-order valence-corrected chi connectivity index (χ2v) is 5.40. The van der Waals surface area contributed by atoms with E-state index in [1.807, 2.05) is 0 Å². The Balaban J connectivity index is 2.42. The number of hydrogen-bond acceptors (Lipinski definition) is 4. The average molecular weight is 381 g/mol. The Bertz CT molecular complexity index is 848. The molecule has 0 saturated carbocycles. The highest BCUT2D eigenvalue weighted by Crippen LogP contribution is 2.36. The van der Waals surface area contributed by atoms with Gasteiger partial charge in [-0.2, -0.15) is 13.2 Å². The lowest BCUT2D eigenvalue weighted by Gasteiger charge is -2.12. The molecule has 0 saturated heterocycles. The minimum Gasteiger partial charge on any atom is -0.465 e. The number of aliphatic imine (C=N–C) groups is 1. The van der Waals surface area contributed by atoms with E-state index in [0.29, 0.717) is 6.07 Å². The summed E-state index contributed by atoms with van der Waals surface area (Å²) in [6, 6.07) is 9.67. The van der Waals surface area contributed by atoms with Gasteiger partial charge in [0.2, 0.25) is 0 Å². The van der Waals surface area contributed by atoms with Gasteiger partial charge in [-0.25, -0.2) is 4.39 Å². The van der Waals surface area contributed by atoms with Crippen LogP contribution in [0.3, 0.4) is 0 Å². The standard InChI is InChI=1S/C19H15F4NO3/c1-2-27-18(26)14(17(25)12-6-4-3-5-7-12)11-24-16-9-8-13(20)10-15(16)19(21,22)23/h3-11,14H,2H2,1H3. The number of nitrogens with zero attached hydrogens (tertiary/aromatic N) is 1. The summed E-state index contributed by atoms with van der Waals surface area (Å²) in [4.78, 5) is 28.3. The van der Waals surface area contributed by atoms with Crippen LogP contribution >= 0.6 is 0 Å². The maximum atomic E-state index is 13.2. The van der Waals surface area contributed by atoms with Crippen LogP contribution in [0.4, 0.5) is 23.2 Å². The van der Waals surface area contributed by atoms with Crippen LogP contribution in [0.15, 0.2) is 53.5 Å². The van der Waals surface area contributed by atoms with Crippen LogP contribution in [-0.4, -0.2) is 24.6 Å². The van der Waals surface area contributed by atoms with Gasteiger partial charge in [-0.15, -0.1) is 0 Å². The van der Waals surface area contributed by atoms with Gasteiger partial charge in [0, 0.05) is 11.8 Å². The lowest BCUT2D eigenvalue weighted by Crippen LogP contribution is -2.27. The first-order chi connectivity index (χ1) is 12.7. The minimum atomic E-state index is -4.85. The maximum absolute atomic E-state index is 13.2. The van der Waals surface area contributed by atoms with Gasteiger partial charge in [-0.1, -0.05) is 30.3 Å². The SMILES string of the molecule is CCOC(=O)C(C=Nc1ccc(F)cc1C(F)(F)F)C(=O)c1ccccc1. The number of rotatable bonds is 6. The fraction of sp³-hybridized carbons (Fsp3) is 0.211. The van der Waals surface area contributed by atoms with Crippen LogP contribution in [-0.2, 0) is 15.7 Å². The number of hydrogen-bond donors (Lipinski definition) is 0. The Morgan fingerprint density at radius 1 is 1.15 bits per heavy atom. The molecule has 27 heavy (non-hydrogen) atoms. The first-order valence-electron chi connectivity index (χ1n) is 7.91. The highest BCUT2D eigenvalue weighted by atomic mass is 19.4. The number of esters is 1. The Morgan fingerprint density at radius 2 is 1.81 bits per heavy atom. The number of alkyl halides is 3. The zero-order chi connectivity index (χ0) is 20.0. The van der Waals surface area contributed by atoms with Crippen molar-refractivity contribution in [3.63, 3.8) is 0 Å². The number of Topliss-reactive ketones (excluding diaryl/α,β-unsaturated/α-hetero) is 1. The van der Waals surface area contributed by atoms with Crippen LogP contribution in [0.25, 0.3) is 0 Å². The van der Waals surface area contributed by atoms with E-state index in [-0.39, 0.29) is 12.2 Å². The maximum Gasteiger partial charge on any atom is 0.418 e. The van der Waals surface area contributed by atoms with Gasteiger partial charge in [-0.3, -0.25) is 14.6 Å². The number of carbonyl (C=O) groups excluding carboxylic acids is 2. The molecular formula is C19H15F4NO3. The van der Waals surface area contributed by atoms with Crippen LogP contribution < -0.4 is 0 Å². The summed E-state index contributed by atoms with van der Waals surface area (Å²) in [5.41, 5.74) is -1.75. The average Bonchev–Trinajstić information content (AvgIpc) is 2.63. The molecule has 2 rings (SSSR count). The van der Waals surface area contributed by atoms with Crippen LogP contribution in [0.2, 0.25) is 0 Å². The Kier molecular flexibility index (Phi) is 6.44. The molecule has 2 aromatic carbocycles. The van der Waals surface area contributed by atoms with Crippen molar-refractivity contribution in [3.8, 4) is 0 Å². The van der Waals surface area contributed by atoms with Gasteiger partial charge in [0.25, 0.3) is 0 Å². The third-order valence-corrected chi connectivity index (χ3v) is 3.51. The molecule has 0 N–H and O–H groups in total. The molecule has 0 radical (unpaired) electrons. The predicted octanol–water partition coefficient (Wildman–Crippen LogP) is 4.61. The molecule has 142 valence electrons. The third-order valence-electron chi connectivity index (χ3n) is 3.51. The molecule has 4 nitrogen and oxygen atoms in total. The third kappa shape index (κ3) is 5.22. The lowest BCUT2D eigenvalue weighted by atomic mass is 9.98. The summed E-state index contributed by atoms with van der Waals surface area (Å²) in [5.74, 6) is -4.22. The van der Waals surface area contributed by atoms with E-state index in [2.05, 4.69) is 4.99 Å². The number of benzene rings is 2. The van der Waals surface area contributed by atoms with E-state index in [9.17, 15) is 27.2 Å². The fourth-order valence-corrected chi connectivity index (χ4v) is 2.25. The summed E-state index contributed by atoms with van der Waals surface area (Å²) in [6.45, 7) is 1.51. The van der Waals surface area contributed by atoms with Crippen LogP contribution in [0.5, 0.6) is 0 Å². The Labute approximate surface area is 152 Å². The first-order valence-corrected chi connectivity index (χ1v) is 7.91. The largest absolute Gasteiger partial charge is 0.465 e. The van der Waals surface area contributed by atoms with Gasteiger partial charge < -0.3 is 4.74 Å². The fourth-order valence-electron chi connectivity index (χ4n) is 2.25. The van der Waals surface area contributed by atoms with E-state index in [4.69, 9.17) is 4.74 Å². The number of ether oxygens (including phenoxy) is 1. The van der Waals surface area contributed by atoms with E-state index in [1.165, 1.54) is 19.1 Å². The summed E-state index contributed by atoms with van der Waals surface area (Å²) in [6.07, 6.45) is -4.06. The van der Waals surface area contributed by atoms with E-state index in [1.54, 1.807) is 18.2 Å². The van der Waals surface area contributed by atoms with Gasteiger partial charge >= 0.3 is 12.1 Å². The van der Waals surface area contributed by atoms with Gasteiger partial charge in [0.15, 0.2) is 11.7 Å². The molecule has 0 aliphatic heterocycles. The molecule has 1 unspecified atom stereocenters. The summed E-state index contributed by atoms with van der Waals surface area (Å²) < 4.78 is 57.2. The van der Waals surface area contributed by atoms with Crippen molar-refractivity contribution >= 4 is 23.7 Å². The highest BCUT2D eigenvalue weighted by molar-refractivity contribution is 6.18. The van der Waals surface area contributed by atoms with Gasteiger partial charge in [-0.05, 0) is 25.1 Å². The topological polar surface area (TPSA) is 55.7 Å². The summed E-state index contributed by atoms with van der Waals surface area (Å²) >= 11 is 0. The summed E-state index contributed by atoms with van der Waals surface area (Å²) in [5, 5.41) is 0. The zero-order valence-electron chi connectivity index (χ0n) is 14.2. The molecule has 0 aliphatic carbocycles. The van der Waals surface area contributed by atoms with Crippen molar-refractivity contribution in [1.82, 2.24) is 0 Å². The second kappa shape index (κ2) is 8.57. The Hall–Kier alpha value is -3.03. The Morgan fingerprint density at radius 3 is 2.41 bits per heavy atom. The van der Waals surface area contributed by atoms with Crippen LogP contribution in [0.1, 0.15) is 22.8 Å². The quantitative estimate of drug-likeness (QED) is 0.241. The summed E-state index contributed by atoms with van der Waals surface area (Å²) in [7, 11) is 0. The van der Waals surface area contributed by atoms with E-state index in [0.717, 1.165) is 18.3 Å².